The second kappa shape index (κ2) is 6.56. The number of carbonyl (C=O) groups is 1. The van der Waals surface area contributed by atoms with E-state index < -0.39 is 11.7 Å². The van der Waals surface area contributed by atoms with Crippen LogP contribution in [0, 0.1) is 5.82 Å². The molecular weight excluding hydrogens is 343 g/mol. The van der Waals surface area contributed by atoms with Gasteiger partial charge in [0.05, 0.1) is 18.1 Å². The number of amides is 1. The van der Waals surface area contributed by atoms with Crippen LogP contribution >= 0.6 is 11.3 Å². The van der Waals surface area contributed by atoms with Gasteiger partial charge in [-0.05, 0) is 25.0 Å². The average molecular weight is 356 g/mol. The van der Waals surface area contributed by atoms with Crippen LogP contribution < -0.4 is 10.1 Å². The summed E-state index contributed by atoms with van der Waals surface area (Å²) in [5, 5.41) is 5.16. The summed E-state index contributed by atoms with van der Waals surface area (Å²) in [4.78, 5) is 24.4. The molecule has 25 heavy (non-hydrogen) atoms. The van der Waals surface area contributed by atoms with E-state index in [4.69, 9.17) is 4.74 Å². The van der Waals surface area contributed by atoms with E-state index in [0.717, 1.165) is 24.6 Å². The zero-order valence-corrected chi connectivity index (χ0v) is 13.8. The summed E-state index contributed by atoms with van der Waals surface area (Å²) in [6, 6.07) is 3.80. The molecule has 1 fully saturated rings. The monoisotopic (exact) mass is 356 g/mol. The van der Waals surface area contributed by atoms with Gasteiger partial charge in [0.1, 0.15) is 17.9 Å². The van der Waals surface area contributed by atoms with Crippen molar-refractivity contribution < 1.29 is 13.9 Å². The van der Waals surface area contributed by atoms with Crippen LogP contribution in [0.5, 0.6) is 11.5 Å². The van der Waals surface area contributed by atoms with Crippen LogP contribution in [-0.4, -0.2) is 20.9 Å². The van der Waals surface area contributed by atoms with Gasteiger partial charge in [-0.1, -0.05) is 0 Å². The van der Waals surface area contributed by atoms with Gasteiger partial charge in [0, 0.05) is 22.9 Å². The SMILES string of the molecule is O=C(Nc1nc(C2CC2)cs1)c1cc(F)cc(Oc2cncnc2)c1. The van der Waals surface area contributed by atoms with Crippen LogP contribution in [0.2, 0.25) is 0 Å². The highest BCUT2D eigenvalue weighted by molar-refractivity contribution is 7.14. The van der Waals surface area contributed by atoms with Gasteiger partial charge in [0.2, 0.25) is 0 Å². The lowest BCUT2D eigenvalue weighted by atomic mass is 10.2. The standard InChI is InChI=1S/C17H13FN4O2S/c18-12-3-11(4-13(5-12)24-14-6-19-9-20-7-14)16(23)22-17-21-15(8-25-17)10-1-2-10/h3-10H,1-2H2,(H,21,22,23). The fourth-order valence-electron chi connectivity index (χ4n) is 2.31. The molecule has 1 aliphatic rings. The lowest BCUT2D eigenvalue weighted by Crippen LogP contribution is -2.12. The van der Waals surface area contributed by atoms with Gasteiger partial charge >= 0.3 is 0 Å². The molecule has 8 heteroatoms. The van der Waals surface area contributed by atoms with Gasteiger partial charge in [-0.15, -0.1) is 11.3 Å². The van der Waals surface area contributed by atoms with Gasteiger partial charge in [0.15, 0.2) is 10.9 Å². The fourth-order valence-corrected chi connectivity index (χ4v) is 3.09. The van der Waals surface area contributed by atoms with E-state index in [0.29, 0.717) is 16.8 Å². The topological polar surface area (TPSA) is 77.0 Å². The first-order chi connectivity index (χ1) is 12.2. The fraction of sp³-hybridized carbons (Fsp3) is 0.176. The van der Waals surface area contributed by atoms with E-state index >= 15 is 0 Å². The Morgan fingerprint density at radius 1 is 1.20 bits per heavy atom. The number of carbonyl (C=O) groups excluding carboxylic acids is 1. The van der Waals surface area contributed by atoms with Crippen LogP contribution in [-0.2, 0) is 0 Å². The molecular formula is C17H13FN4O2S. The predicted molar refractivity (Wildman–Crippen MR) is 90.5 cm³/mol. The normalized spacial score (nSPS) is 13.5. The Labute approximate surface area is 146 Å². The number of hydrogen-bond donors (Lipinski definition) is 1. The lowest BCUT2D eigenvalue weighted by Gasteiger charge is -2.07. The molecule has 0 atom stereocenters. The Bertz CT molecular complexity index is 912. The summed E-state index contributed by atoms with van der Waals surface area (Å²) in [6.07, 6.45) is 6.55. The summed E-state index contributed by atoms with van der Waals surface area (Å²) in [5.41, 5.74) is 1.16. The number of nitrogens with one attached hydrogen (secondary N) is 1. The number of anilines is 1. The van der Waals surface area contributed by atoms with E-state index in [1.165, 1.54) is 42.2 Å². The van der Waals surface area contributed by atoms with Crippen LogP contribution in [0.15, 0.2) is 42.3 Å². The molecule has 1 N–H and O–H groups in total. The molecule has 6 nitrogen and oxygen atoms in total. The van der Waals surface area contributed by atoms with E-state index in [1.54, 1.807) is 0 Å². The Balaban J connectivity index is 1.51. The number of halogens is 1. The van der Waals surface area contributed by atoms with Gasteiger partial charge in [0.25, 0.3) is 5.91 Å². The third-order valence-corrected chi connectivity index (χ3v) is 4.42. The lowest BCUT2D eigenvalue weighted by molar-refractivity contribution is 0.102. The van der Waals surface area contributed by atoms with Crippen molar-refractivity contribution in [3.05, 3.63) is 59.4 Å². The smallest absolute Gasteiger partial charge is 0.257 e. The molecule has 1 saturated carbocycles. The van der Waals surface area contributed by atoms with Crippen LogP contribution in [0.4, 0.5) is 9.52 Å². The Morgan fingerprint density at radius 2 is 2.00 bits per heavy atom. The van der Waals surface area contributed by atoms with Crippen LogP contribution in [0.25, 0.3) is 0 Å². The minimum Gasteiger partial charge on any atom is -0.454 e. The van der Waals surface area contributed by atoms with Gasteiger partial charge < -0.3 is 4.74 Å². The summed E-state index contributed by atoms with van der Waals surface area (Å²) < 4.78 is 19.3. The summed E-state index contributed by atoms with van der Waals surface area (Å²) in [5.74, 6) is 0.0537. The third-order valence-electron chi connectivity index (χ3n) is 3.64. The summed E-state index contributed by atoms with van der Waals surface area (Å²) in [6.45, 7) is 0. The first kappa shape index (κ1) is 15.6. The molecule has 0 unspecified atom stereocenters. The van der Waals surface area contributed by atoms with E-state index in [1.807, 2.05) is 5.38 Å². The van der Waals surface area contributed by atoms with Crippen molar-refractivity contribution in [3.8, 4) is 11.5 Å². The molecule has 0 radical (unpaired) electrons. The Morgan fingerprint density at radius 3 is 2.76 bits per heavy atom. The summed E-state index contributed by atoms with van der Waals surface area (Å²) in [7, 11) is 0. The number of rotatable bonds is 5. The molecule has 1 aliphatic carbocycles. The highest BCUT2D eigenvalue weighted by Gasteiger charge is 2.26. The molecule has 1 amide bonds. The van der Waals surface area contributed by atoms with Crippen LogP contribution in [0.1, 0.15) is 34.8 Å². The predicted octanol–water partition coefficient (Wildman–Crippen LogP) is 3.99. The number of ether oxygens (including phenoxy) is 1. The van der Waals surface area contributed by atoms with Crippen LogP contribution in [0.3, 0.4) is 0 Å². The molecule has 4 rings (SSSR count). The summed E-state index contributed by atoms with van der Waals surface area (Å²) >= 11 is 1.37. The van der Waals surface area contributed by atoms with Crippen molar-refractivity contribution in [3.63, 3.8) is 0 Å². The Kier molecular flexibility index (Phi) is 4.10. The zero-order valence-electron chi connectivity index (χ0n) is 13.0. The van der Waals surface area contributed by atoms with Crippen molar-refractivity contribution in [2.24, 2.45) is 0 Å². The number of hydrogen-bond acceptors (Lipinski definition) is 6. The van der Waals surface area contributed by atoms with Crippen molar-refractivity contribution in [1.29, 1.82) is 0 Å². The highest BCUT2D eigenvalue weighted by atomic mass is 32.1. The zero-order chi connectivity index (χ0) is 17.2. The van der Waals surface area contributed by atoms with Crippen molar-refractivity contribution >= 4 is 22.4 Å². The average Bonchev–Trinajstić information content (AvgIpc) is 3.35. The number of thiazole rings is 1. The highest BCUT2D eigenvalue weighted by Crippen LogP contribution is 2.40. The molecule has 3 aromatic rings. The number of benzene rings is 1. The first-order valence-electron chi connectivity index (χ1n) is 7.67. The maximum atomic E-state index is 13.8. The molecule has 1 aromatic carbocycles. The largest absolute Gasteiger partial charge is 0.454 e. The Hall–Kier alpha value is -2.87. The molecule has 2 aromatic heterocycles. The second-order valence-electron chi connectivity index (χ2n) is 5.66. The second-order valence-corrected chi connectivity index (χ2v) is 6.52. The molecule has 126 valence electrons. The maximum absolute atomic E-state index is 13.8. The van der Waals surface area contributed by atoms with Gasteiger partial charge in [-0.3, -0.25) is 10.1 Å². The minimum absolute atomic E-state index is 0.148. The number of aromatic nitrogens is 3. The molecule has 0 aliphatic heterocycles. The minimum atomic E-state index is -0.572. The van der Waals surface area contributed by atoms with Gasteiger partial charge in [-0.2, -0.15) is 0 Å². The molecule has 2 heterocycles. The first-order valence-corrected chi connectivity index (χ1v) is 8.55. The van der Waals surface area contributed by atoms with Crippen molar-refractivity contribution in [2.75, 3.05) is 5.32 Å². The van der Waals surface area contributed by atoms with Gasteiger partial charge in [-0.25, -0.2) is 19.3 Å². The molecule has 0 saturated heterocycles. The van der Waals surface area contributed by atoms with E-state index in [-0.39, 0.29) is 11.3 Å². The van der Waals surface area contributed by atoms with Crippen molar-refractivity contribution in [1.82, 2.24) is 15.0 Å². The van der Waals surface area contributed by atoms with E-state index in [9.17, 15) is 9.18 Å². The van der Waals surface area contributed by atoms with E-state index in [2.05, 4.69) is 20.3 Å². The quantitative estimate of drug-likeness (QED) is 0.748. The molecule has 0 bridgehead atoms. The van der Waals surface area contributed by atoms with Crippen molar-refractivity contribution in [2.45, 2.75) is 18.8 Å². The third kappa shape index (κ3) is 3.80. The maximum Gasteiger partial charge on any atom is 0.257 e. The number of nitrogens with zero attached hydrogens (tertiary/aromatic N) is 3. The molecule has 0 spiro atoms.